The van der Waals surface area contributed by atoms with E-state index in [-0.39, 0.29) is 23.3 Å². The number of methoxy groups -OCH3 is 2. The van der Waals surface area contributed by atoms with Crippen LogP contribution in [0.2, 0.25) is 0 Å². The molecule has 132 valence electrons. The van der Waals surface area contributed by atoms with Crippen LogP contribution in [0.4, 0.5) is 5.69 Å². The lowest BCUT2D eigenvalue weighted by Crippen LogP contribution is -2.38. The van der Waals surface area contributed by atoms with Crippen molar-refractivity contribution in [1.82, 2.24) is 5.32 Å². The van der Waals surface area contributed by atoms with Crippen LogP contribution in [-0.4, -0.2) is 38.6 Å². The Labute approximate surface area is 143 Å². The molecule has 2 amide bonds. The van der Waals surface area contributed by atoms with Gasteiger partial charge in [0, 0.05) is 31.1 Å². The van der Waals surface area contributed by atoms with Crippen LogP contribution in [0.3, 0.4) is 0 Å². The minimum atomic E-state index is -0.166. The van der Waals surface area contributed by atoms with Crippen molar-refractivity contribution in [2.24, 2.45) is 5.41 Å². The first-order valence-corrected chi connectivity index (χ1v) is 8.05. The molecule has 1 fully saturated rings. The third-order valence-electron chi connectivity index (χ3n) is 3.86. The van der Waals surface area contributed by atoms with Crippen molar-refractivity contribution in [2.45, 2.75) is 39.7 Å². The number of hydrogen-bond donors (Lipinski definition) is 1. The summed E-state index contributed by atoms with van der Waals surface area (Å²) in [4.78, 5) is 26.1. The molecular formula is C18H26N2O4. The molecule has 2 rings (SSSR count). The maximum Gasteiger partial charge on any atom is 0.229 e. The lowest BCUT2D eigenvalue weighted by atomic mass is 9.92. The lowest BCUT2D eigenvalue weighted by molar-refractivity contribution is -0.123. The van der Waals surface area contributed by atoms with Crippen LogP contribution < -0.4 is 19.7 Å². The number of carbonyl (C=O) groups is 2. The number of ether oxygens (including phenoxy) is 2. The average molecular weight is 334 g/mol. The van der Waals surface area contributed by atoms with Gasteiger partial charge in [0.1, 0.15) is 0 Å². The van der Waals surface area contributed by atoms with Crippen LogP contribution in [0.5, 0.6) is 11.5 Å². The minimum absolute atomic E-state index is 0.0109. The van der Waals surface area contributed by atoms with E-state index in [1.165, 1.54) is 0 Å². The number of nitrogens with one attached hydrogen (secondary N) is 1. The van der Waals surface area contributed by atoms with E-state index >= 15 is 0 Å². The molecule has 1 aromatic carbocycles. The Bertz CT molecular complexity index is 622. The second kappa shape index (κ2) is 7.11. The third-order valence-corrected chi connectivity index (χ3v) is 3.86. The van der Waals surface area contributed by atoms with Gasteiger partial charge in [-0.1, -0.05) is 20.8 Å². The summed E-state index contributed by atoms with van der Waals surface area (Å²) in [6, 6.07) is 5.20. The van der Waals surface area contributed by atoms with Crippen LogP contribution in [-0.2, 0) is 9.59 Å². The van der Waals surface area contributed by atoms with Crippen molar-refractivity contribution < 1.29 is 19.1 Å². The van der Waals surface area contributed by atoms with Gasteiger partial charge in [-0.05, 0) is 17.5 Å². The quantitative estimate of drug-likeness (QED) is 0.897. The number of rotatable bonds is 5. The number of carbonyl (C=O) groups excluding carboxylic acids is 2. The van der Waals surface area contributed by atoms with E-state index < -0.39 is 0 Å². The SMILES string of the molecule is COc1ccc(N2C[C@@H](NC(=O)CC(C)(C)C)CC2=O)cc1OC. The van der Waals surface area contributed by atoms with Crippen LogP contribution in [0, 0.1) is 5.41 Å². The van der Waals surface area contributed by atoms with E-state index in [2.05, 4.69) is 5.32 Å². The van der Waals surface area contributed by atoms with Gasteiger partial charge in [0.25, 0.3) is 0 Å². The van der Waals surface area contributed by atoms with E-state index in [0.29, 0.717) is 30.9 Å². The summed E-state index contributed by atoms with van der Waals surface area (Å²) in [5, 5.41) is 2.96. The normalized spacial score (nSPS) is 17.8. The molecule has 0 unspecified atom stereocenters. The van der Waals surface area contributed by atoms with Crippen molar-refractivity contribution in [3.63, 3.8) is 0 Å². The molecule has 1 heterocycles. The van der Waals surface area contributed by atoms with Gasteiger partial charge in [-0.15, -0.1) is 0 Å². The molecule has 0 aromatic heterocycles. The summed E-state index contributed by atoms with van der Waals surface area (Å²) >= 11 is 0. The first-order valence-electron chi connectivity index (χ1n) is 8.05. The van der Waals surface area contributed by atoms with Crippen LogP contribution in [0.25, 0.3) is 0 Å². The van der Waals surface area contributed by atoms with Gasteiger partial charge in [0.2, 0.25) is 11.8 Å². The molecule has 1 N–H and O–H groups in total. The van der Waals surface area contributed by atoms with E-state index in [4.69, 9.17) is 9.47 Å². The summed E-state index contributed by atoms with van der Waals surface area (Å²) < 4.78 is 10.5. The molecule has 0 saturated carbocycles. The second-order valence-electron chi connectivity index (χ2n) is 7.25. The lowest BCUT2D eigenvalue weighted by Gasteiger charge is -2.21. The molecule has 24 heavy (non-hydrogen) atoms. The molecule has 0 bridgehead atoms. The highest BCUT2D eigenvalue weighted by Gasteiger charge is 2.32. The Morgan fingerprint density at radius 3 is 2.50 bits per heavy atom. The maximum absolute atomic E-state index is 12.3. The van der Waals surface area contributed by atoms with Crippen molar-refractivity contribution in [2.75, 3.05) is 25.7 Å². The summed E-state index contributed by atoms with van der Waals surface area (Å²) in [7, 11) is 3.13. The fraction of sp³-hybridized carbons (Fsp3) is 0.556. The predicted molar refractivity (Wildman–Crippen MR) is 92.5 cm³/mol. The van der Waals surface area contributed by atoms with Crippen LogP contribution in [0.15, 0.2) is 18.2 Å². The molecule has 6 nitrogen and oxygen atoms in total. The molecule has 6 heteroatoms. The van der Waals surface area contributed by atoms with Gasteiger partial charge in [0.15, 0.2) is 11.5 Å². The monoisotopic (exact) mass is 334 g/mol. The molecule has 0 radical (unpaired) electrons. The van der Waals surface area contributed by atoms with Gasteiger partial charge >= 0.3 is 0 Å². The fourth-order valence-corrected chi connectivity index (χ4v) is 2.81. The number of hydrogen-bond acceptors (Lipinski definition) is 4. The topological polar surface area (TPSA) is 67.9 Å². The van der Waals surface area contributed by atoms with Gasteiger partial charge in [-0.3, -0.25) is 9.59 Å². The number of nitrogens with zero attached hydrogens (tertiary/aromatic N) is 1. The summed E-state index contributed by atoms with van der Waals surface area (Å²) in [6.07, 6.45) is 0.748. The Kier molecular flexibility index (Phi) is 5.36. The number of anilines is 1. The zero-order chi connectivity index (χ0) is 17.9. The Morgan fingerprint density at radius 2 is 1.92 bits per heavy atom. The molecule has 1 aliphatic heterocycles. The van der Waals surface area contributed by atoms with Crippen LogP contribution >= 0.6 is 0 Å². The zero-order valence-electron chi connectivity index (χ0n) is 15.0. The third kappa shape index (κ3) is 4.40. The van der Waals surface area contributed by atoms with E-state index in [9.17, 15) is 9.59 Å². The van der Waals surface area contributed by atoms with E-state index in [0.717, 1.165) is 5.69 Å². The Balaban J connectivity index is 2.06. The van der Waals surface area contributed by atoms with Crippen LogP contribution in [0.1, 0.15) is 33.6 Å². The van der Waals surface area contributed by atoms with E-state index in [1.807, 2.05) is 26.8 Å². The average Bonchev–Trinajstić information content (AvgIpc) is 2.84. The van der Waals surface area contributed by atoms with Gasteiger partial charge in [-0.2, -0.15) is 0 Å². The minimum Gasteiger partial charge on any atom is -0.493 e. The first-order chi connectivity index (χ1) is 11.2. The molecule has 1 aromatic rings. The summed E-state index contributed by atoms with van der Waals surface area (Å²) in [5.41, 5.74) is 0.667. The number of benzene rings is 1. The van der Waals surface area contributed by atoms with Crippen molar-refractivity contribution in [3.05, 3.63) is 18.2 Å². The zero-order valence-corrected chi connectivity index (χ0v) is 15.0. The highest BCUT2D eigenvalue weighted by molar-refractivity contribution is 5.97. The molecule has 1 atom stereocenters. The fourth-order valence-electron chi connectivity index (χ4n) is 2.81. The highest BCUT2D eigenvalue weighted by Crippen LogP contribution is 2.33. The molecular weight excluding hydrogens is 308 g/mol. The molecule has 1 saturated heterocycles. The van der Waals surface area contributed by atoms with Gasteiger partial charge in [-0.25, -0.2) is 0 Å². The largest absolute Gasteiger partial charge is 0.493 e. The predicted octanol–water partition coefficient (Wildman–Crippen LogP) is 2.36. The van der Waals surface area contributed by atoms with Crippen molar-refractivity contribution in [1.29, 1.82) is 0 Å². The summed E-state index contributed by atoms with van der Waals surface area (Å²) in [5.74, 6) is 1.16. The Hall–Kier alpha value is -2.24. The van der Waals surface area contributed by atoms with Crippen molar-refractivity contribution in [3.8, 4) is 11.5 Å². The number of amides is 2. The molecule has 1 aliphatic rings. The summed E-state index contributed by atoms with van der Waals surface area (Å²) in [6.45, 7) is 6.51. The van der Waals surface area contributed by atoms with Gasteiger partial charge in [0.05, 0.1) is 20.3 Å². The Morgan fingerprint density at radius 1 is 1.25 bits per heavy atom. The molecule has 0 aliphatic carbocycles. The highest BCUT2D eigenvalue weighted by atomic mass is 16.5. The smallest absolute Gasteiger partial charge is 0.229 e. The standard InChI is InChI=1S/C18H26N2O4/c1-18(2,3)10-16(21)19-12-8-17(22)20(11-12)13-6-7-14(23-4)15(9-13)24-5/h6-7,9,12H,8,10-11H2,1-5H3,(H,19,21)/t12-/m0/s1. The first kappa shape index (κ1) is 18.1. The van der Waals surface area contributed by atoms with Crippen molar-refractivity contribution >= 4 is 17.5 Å². The maximum atomic E-state index is 12.3. The second-order valence-corrected chi connectivity index (χ2v) is 7.25. The van der Waals surface area contributed by atoms with Gasteiger partial charge < -0.3 is 19.7 Å². The molecule has 0 spiro atoms. The van der Waals surface area contributed by atoms with E-state index in [1.54, 1.807) is 31.3 Å².